The van der Waals surface area contributed by atoms with Gasteiger partial charge in [-0.25, -0.2) is 0 Å². The van der Waals surface area contributed by atoms with E-state index in [-0.39, 0.29) is 12.1 Å². The molecule has 1 fully saturated rings. The van der Waals surface area contributed by atoms with E-state index in [0.717, 1.165) is 31.9 Å². The Balaban J connectivity index is 1.59. The number of hydrogen-bond acceptors (Lipinski definition) is 4. The van der Waals surface area contributed by atoms with Gasteiger partial charge in [0.15, 0.2) is 0 Å². The highest BCUT2D eigenvalue weighted by Gasteiger charge is 2.33. The Hall–Kier alpha value is -2.22. The van der Waals surface area contributed by atoms with Crippen LogP contribution in [0.3, 0.4) is 0 Å². The molecule has 27 heavy (non-hydrogen) atoms. The molecule has 2 heterocycles. The van der Waals surface area contributed by atoms with E-state index in [1.54, 1.807) is 11.3 Å². The van der Waals surface area contributed by atoms with Gasteiger partial charge in [-0.1, -0.05) is 36.4 Å². The lowest BCUT2D eigenvalue weighted by molar-refractivity contribution is -0.939. The van der Waals surface area contributed by atoms with Crippen LogP contribution in [0.15, 0.2) is 47.8 Å². The van der Waals surface area contributed by atoms with E-state index in [1.807, 2.05) is 48.7 Å². The Labute approximate surface area is 163 Å². The average molecular weight is 389 g/mol. The zero-order valence-corrected chi connectivity index (χ0v) is 16.3. The largest absolute Gasteiger partial charge is 0.370 e. The van der Waals surface area contributed by atoms with Crippen LogP contribution in [-0.4, -0.2) is 44.2 Å². The topological polar surface area (TPSA) is 71.9 Å². The summed E-state index contributed by atoms with van der Waals surface area (Å²) in [5, 5.41) is 7.62. The number of nitrogens with one attached hydrogen (secondary N) is 3. The molecule has 3 rings (SSSR count). The van der Waals surface area contributed by atoms with Crippen molar-refractivity contribution in [3.8, 4) is 0 Å². The standard InChI is InChI=1S/C20H25N3O3S/c1-15(18(17-8-5-13-27-17)23-9-11-26-12-10-23)22-20(25)19(24)21-14-16-6-3-2-4-7-16/h2-8,13,15,18H,9-12,14H2,1H3,(H,21,24)(H,22,25)/p+1/t15-,18+/m1/s1. The van der Waals surface area contributed by atoms with Gasteiger partial charge in [-0.15, -0.1) is 11.3 Å². The number of morpholine rings is 1. The molecule has 2 amide bonds. The zero-order valence-electron chi connectivity index (χ0n) is 15.4. The Bertz CT molecular complexity index is 730. The van der Waals surface area contributed by atoms with Gasteiger partial charge in [-0.3, -0.25) is 9.59 Å². The summed E-state index contributed by atoms with van der Waals surface area (Å²) < 4.78 is 5.47. The summed E-state index contributed by atoms with van der Waals surface area (Å²) in [5.41, 5.74) is 0.959. The van der Waals surface area contributed by atoms with Crippen molar-refractivity contribution in [2.45, 2.75) is 25.6 Å². The van der Waals surface area contributed by atoms with Crippen LogP contribution in [0.5, 0.6) is 0 Å². The molecule has 0 spiro atoms. The molecule has 1 aromatic carbocycles. The number of thiophene rings is 1. The van der Waals surface area contributed by atoms with Gasteiger partial charge in [0.1, 0.15) is 19.1 Å². The molecule has 0 bridgehead atoms. The molecule has 6 nitrogen and oxygen atoms in total. The van der Waals surface area contributed by atoms with Gasteiger partial charge < -0.3 is 20.3 Å². The van der Waals surface area contributed by atoms with E-state index in [0.29, 0.717) is 6.54 Å². The third-order valence-corrected chi connectivity index (χ3v) is 5.74. The van der Waals surface area contributed by atoms with E-state index >= 15 is 0 Å². The second-order valence-electron chi connectivity index (χ2n) is 6.69. The van der Waals surface area contributed by atoms with Gasteiger partial charge in [0.25, 0.3) is 0 Å². The lowest BCUT2D eigenvalue weighted by atomic mass is 10.1. The predicted octanol–water partition coefficient (Wildman–Crippen LogP) is 0.525. The summed E-state index contributed by atoms with van der Waals surface area (Å²) in [5.74, 6) is -1.19. The lowest BCUT2D eigenvalue weighted by Crippen LogP contribution is -3.15. The molecule has 1 saturated heterocycles. The molecule has 0 aliphatic carbocycles. The number of carbonyl (C=O) groups excluding carboxylic acids is 2. The second-order valence-corrected chi connectivity index (χ2v) is 7.67. The number of quaternary nitrogens is 1. The molecular weight excluding hydrogens is 362 g/mol. The minimum atomic E-state index is -0.604. The maximum absolute atomic E-state index is 12.4. The maximum atomic E-state index is 12.4. The summed E-state index contributed by atoms with van der Waals surface area (Å²) in [6.45, 7) is 5.52. The fourth-order valence-electron chi connectivity index (χ4n) is 3.43. The minimum absolute atomic E-state index is 0.111. The van der Waals surface area contributed by atoms with Crippen molar-refractivity contribution in [2.75, 3.05) is 26.3 Å². The fourth-order valence-corrected chi connectivity index (χ4v) is 4.42. The van der Waals surface area contributed by atoms with Gasteiger partial charge in [0, 0.05) is 6.54 Å². The molecule has 7 heteroatoms. The molecular formula is C20H26N3O3S+. The SMILES string of the molecule is C[C@@H](NC(=O)C(=O)NCc1ccccc1)[C@@H](c1cccs1)[NH+]1CCOCC1. The molecule has 1 aliphatic heterocycles. The first kappa shape index (κ1) is 19.5. The molecule has 144 valence electrons. The maximum Gasteiger partial charge on any atom is 0.309 e. The number of carbonyl (C=O) groups is 2. The van der Waals surface area contributed by atoms with Crippen molar-refractivity contribution in [1.82, 2.24) is 10.6 Å². The van der Waals surface area contributed by atoms with Gasteiger partial charge in [0.2, 0.25) is 0 Å². The normalized spacial score (nSPS) is 17.1. The van der Waals surface area contributed by atoms with Crippen LogP contribution in [0.2, 0.25) is 0 Å². The Morgan fingerprint density at radius 1 is 1.11 bits per heavy atom. The number of benzene rings is 1. The number of rotatable bonds is 6. The Morgan fingerprint density at radius 3 is 2.52 bits per heavy atom. The Morgan fingerprint density at radius 2 is 1.85 bits per heavy atom. The van der Waals surface area contributed by atoms with Crippen LogP contribution >= 0.6 is 11.3 Å². The third kappa shape index (κ3) is 5.38. The summed E-state index contributed by atoms with van der Waals surface area (Å²) >= 11 is 1.68. The molecule has 2 aromatic rings. The van der Waals surface area contributed by atoms with E-state index in [1.165, 1.54) is 9.78 Å². The number of ether oxygens (including phenoxy) is 1. The van der Waals surface area contributed by atoms with E-state index in [4.69, 9.17) is 4.74 Å². The van der Waals surface area contributed by atoms with E-state index in [2.05, 4.69) is 16.7 Å². The Kier molecular flexibility index (Phi) is 6.98. The van der Waals surface area contributed by atoms with Gasteiger partial charge >= 0.3 is 11.8 Å². The zero-order chi connectivity index (χ0) is 19.1. The summed E-state index contributed by atoms with van der Waals surface area (Å²) in [6, 6.07) is 13.6. The number of amides is 2. The van der Waals surface area contributed by atoms with Crippen molar-refractivity contribution < 1.29 is 19.2 Å². The molecule has 3 N–H and O–H groups in total. The lowest BCUT2D eigenvalue weighted by Gasteiger charge is -2.34. The highest BCUT2D eigenvalue weighted by atomic mass is 32.1. The highest BCUT2D eigenvalue weighted by molar-refractivity contribution is 7.10. The van der Waals surface area contributed by atoms with Crippen LogP contribution in [-0.2, 0) is 20.9 Å². The quantitative estimate of drug-likeness (QED) is 0.632. The first-order valence-electron chi connectivity index (χ1n) is 9.23. The van der Waals surface area contributed by atoms with Crippen LogP contribution in [0.25, 0.3) is 0 Å². The number of hydrogen-bond donors (Lipinski definition) is 3. The molecule has 1 aliphatic rings. The van der Waals surface area contributed by atoms with Crippen LogP contribution in [0, 0.1) is 0 Å². The van der Waals surface area contributed by atoms with Crippen LogP contribution < -0.4 is 15.5 Å². The smallest absolute Gasteiger partial charge is 0.309 e. The van der Waals surface area contributed by atoms with Crippen LogP contribution in [0.1, 0.15) is 23.4 Å². The molecule has 1 aromatic heterocycles. The minimum Gasteiger partial charge on any atom is -0.370 e. The van der Waals surface area contributed by atoms with Gasteiger partial charge in [-0.2, -0.15) is 0 Å². The van der Waals surface area contributed by atoms with Gasteiger partial charge in [-0.05, 0) is 23.9 Å². The summed E-state index contributed by atoms with van der Waals surface area (Å²) in [6.07, 6.45) is 0. The van der Waals surface area contributed by atoms with E-state index in [9.17, 15) is 9.59 Å². The molecule has 0 saturated carbocycles. The average Bonchev–Trinajstić information content (AvgIpc) is 3.22. The third-order valence-electron chi connectivity index (χ3n) is 4.79. The van der Waals surface area contributed by atoms with Crippen molar-refractivity contribution in [3.05, 3.63) is 58.3 Å². The van der Waals surface area contributed by atoms with Crippen molar-refractivity contribution >= 4 is 23.2 Å². The summed E-state index contributed by atoms with van der Waals surface area (Å²) in [4.78, 5) is 27.2. The summed E-state index contributed by atoms with van der Waals surface area (Å²) in [7, 11) is 0. The fraction of sp³-hybridized carbons (Fsp3) is 0.400. The van der Waals surface area contributed by atoms with Gasteiger partial charge in [0.05, 0.1) is 24.1 Å². The highest BCUT2D eigenvalue weighted by Crippen LogP contribution is 2.20. The van der Waals surface area contributed by atoms with E-state index < -0.39 is 11.8 Å². The molecule has 0 unspecified atom stereocenters. The van der Waals surface area contributed by atoms with Crippen molar-refractivity contribution in [2.24, 2.45) is 0 Å². The molecule has 0 radical (unpaired) electrons. The van der Waals surface area contributed by atoms with Crippen molar-refractivity contribution in [3.63, 3.8) is 0 Å². The van der Waals surface area contributed by atoms with Crippen LogP contribution in [0.4, 0.5) is 0 Å². The second kappa shape index (κ2) is 9.64. The first-order chi connectivity index (χ1) is 13.1. The predicted molar refractivity (Wildman–Crippen MR) is 104 cm³/mol. The van der Waals surface area contributed by atoms with Crippen molar-refractivity contribution in [1.29, 1.82) is 0 Å². The monoisotopic (exact) mass is 388 g/mol. The molecule has 2 atom stereocenters. The first-order valence-corrected chi connectivity index (χ1v) is 10.1.